The Kier molecular flexibility index (Phi) is 9.32. The molecule has 0 atom stereocenters. The Morgan fingerprint density at radius 2 is 1.83 bits per heavy atom. The molecule has 35 heavy (non-hydrogen) atoms. The van der Waals surface area contributed by atoms with E-state index in [0.717, 1.165) is 62.3 Å². The molecule has 1 aliphatic carbocycles. The number of amides is 1. The van der Waals surface area contributed by atoms with Crippen LogP contribution in [0.1, 0.15) is 65.6 Å². The molecule has 0 radical (unpaired) electrons. The molecule has 0 bridgehead atoms. The van der Waals surface area contributed by atoms with Crippen molar-refractivity contribution in [2.75, 3.05) is 33.4 Å². The van der Waals surface area contributed by atoms with Crippen LogP contribution in [0.15, 0.2) is 42.5 Å². The first-order valence-electron chi connectivity index (χ1n) is 13.0. The van der Waals surface area contributed by atoms with Gasteiger partial charge in [-0.3, -0.25) is 14.5 Å². The number of fused-ring (bicyclic) bond motifs is 1. The molecule has 0 aromatic heterocycles. The number of likely N-dealkylation sites (N-methyl/N-ethyl adjacent to an activating group) is 1. The predicted molar refractivity (Wildman–Crippen MR) is 137 cm³/mol. The molecule has 1 fully saturated rings. The minimum Gasteiger partial charge on any atom is -0.492 e. The Balaban J connectivity index is 1.17. The van der Waals surface area contributed by atoms with Gasteiger partial charge in [0, 0.05) is 50.8 Å². The molecule has 2 aromatic rings. The van der Waals surface area contributed by atoms with Crippen LogP contribution in [0.2, 0.25) is 0 Å². The number of benzene rings is 2. The molecule has 1 saturated heterocycles. The summed E-state index contributed by atoms with van der Waals surface area (Å²) in [6, 6.07) is 14.4. The van der Waals surface area contributed by atoms with Gasteiger partial charge < -0.3 is 14.8 Å². The van der Waals surface area contributed by atoms with E-state index in [2.05, 4.69) is 23.3 Å². The van der Waals surface area contributed by atoms with Crippen molar-refractivity contribution in [3.63, 3.8) is 0 Å². The Labute approximate surface area is 209 Å². The number of rotatable bonds is 11. The maximum atomic E-state index is 12.6. The first-order valence-corrected chi connectivity index (χ1v) is 13.0. The topological polar surface area (TPSA) is 67.9 Å². The van der Waals surface area contributed by atoms with Gasteiger partial charge in [0.25, 0.3) is 0 Å². The number of carbonyl (C=O) groups is 2. The van der Waals surface area contributed by atoms with Gasteiger partial charge in [0.15, 0.2) is 5.78 Å². The maximum absolute atomic E-state index is 12.6. The van der Waals surface area contributed by atoms with E-state index >= 15 is 0 Å². The first kappa shape index (κ1) is 25.4. The van der Waals surface area contributed by atoms with Crippen LogP contribution in [-0.4, -0.2) is 56.0 Å². The van der Waals surface area contributed by atoms with E-state index in [9.17, 15) is 9.59 Å². The fourth-order valence-electron chi connectivity index (χ4n) is 4.93. The highest BCUT2D eigenvalue weighted by Crippen LogP contribution is 2.23. The quantitative estimate of drug-likeness (QED) is 0.487. The summed E-state index contributed by atoms with van der Waals surface area (Å²) >= 11 is 0. The second-order valence-electron chi connectivity index (χ2n) is 9.71. The Bertz CT molecular complexity index is 1000. The number of ketones is 1. The summed E-state index contributed by atoms with van der Waals surface area (Å²) in [5.41, 5.74) is 4.37. The number of ether oxygens (including phenoxy) is 2. The average Bonchev–Trinajstić information content (AvgIpc) is 2.91. The lowest BCUT2D eigenvalue weighted by molar-refractivity contribution is -0.121. The predicted octanol–water partition coefficient (Wildman–Crippen LogP) is 4.33. The van der Waals surface area contributed by atoms with Crippen molar-refractivity contribution >= 4 is 11.7 Å². The second kappa shape index (κ2) is 12.8. The normalized spacial score (nSPS) is 16.1. The van der Waals surface area contributed by atoms with Crippen molar-refractivity contribution in [2.45, 2.75) is 64.0 Å². The number of nitrogens with zero attached hydrogens (tertiary/aromatic N) is 1. The molecule has 1 amide bonds. The van der Waals surface area contributed by atoms with E-state index in [-0.39, 0.29) is 24.5 Å². The minimum atomic E-state index is -0.110. The lowest BCUT2D eigenvalue weighted by atomic mass is 9.89. The van der Waals surface area contributed by atoms with Crippen molar-refractivity contribution in [2.24, 2.45) is 0 Å². The highest BCUT2D eigenvalue weighted by Gasteiger charge is 2.18. The maximum Gasteiger partial charge on any atom is 0.220 e. The fourth-order valence-corrected chi connectivity index (χ4v) is 4.93. The van der Waals surface area contributed by atoms with Gasteiger partial charge >= 0.3 is 0 Å². The molecule has 6 nitrogen and oxygen atoms in total. The zero-order chi connectivity index (χ0) is 24.5. The van der Waals surface area contributed by atoms with Crippen molar-refractivity contribution in [3.05, 3.63) is 64.7 Å². The summed E-state index contributed by atoms with van der Waals surface area (Å²) in [6.45, 7) is 3.58. The van der Waals surface area contributed by atoms with E-state index < -0.39 is 0 Å². The van der Waals surface area contributed by atoms with Gasteiger partial charge in [-0.1, -0.05) is 24.3 Å². The van der Waals surface area contributed by atoms with Gasteiger partial charge in [-0.15, -0.1) is 0 Å². The summed E-state index contributed by atoms with van der Waals surface area (Å²) in [6.07, 6.45) is 7.14. The van der Waals surface area contributed by atoms with Gasteiger partial charge in [-0.05, 0) is 80.5 Å². The Hall–Kier alpha value is -2.70. The molecule has 2 aromatic carbocycles. The largest absolute Gasteiger partial charge is 0.492 e. The third kappa shape index (κ3) is 7.64. The van der Waals surface area contributed by atoms with Crippen LogP contribution in [0, 0.1) is 0 Å². The molecule has 1 heterocycles. The summed E-state index contributed by atoms with van der Waals surface area (Å²) < 4.78 is 11.4. The fraction of sp³-hybridized carbons (Fsp3) is 0.517. The van der Waals surface area contributed by atoms with Gasteiger partial charge in [-0.25, -0.2) is 0 Å². The minimum absolute atomic E-state index is 0.0367. The monoisotopic (exact) mass is 478 g/mol. The van der Waals surface area contributed by atoms with Gasteiger partial charge in [-0.2, -0.15) is 0 Å². The van der Waals surface area contributed by atoms with Crippen LogP contribution in [0.25, 0.3) is 0 Å². The molecule has 4 rings (SSSR count). The zero-order valence-electron chi connectivity index (χ0n) is 20.9. The van der Waals surface area contributed by atoms with Crippen molar-refractivity contribution in [1.29, 1.82) is 0 Å². The molecular weight excluding hydrogens is 440 g/mol. The third-order valence-corrected chi connectivity index (χ3v) is 7.16. The molecule has 1 N–H and O–H groups in total. The van der Waals surface area contributed by atoms with E-state index in [1.165, 1.54) is 24.0 Å². The summed E-state index contributed by atoms with van der Waals surface area (Å²) in [4.78, 5) is 27.3. The Morgan fingerprint density at radius 3 is 2.66 bits per heavy atom. The zero-order valence-corrected chi connectivity index (χ0v) is 20.9. The second-order valence-corrected chi connectivity index (χ2v) is 9.71. The molecular formula is C29H38N2O4. The van der Waals surface area contributed by atoms with Crippen LogP contribution < -0.4 is 10.1 Å². The molecule has 6 heteroatoms. The van der Waals surface area contributed by atoms with Crippen LogP contribution in [0.3, 0.4) is 0 Å². The van der Waals surface area contributed by atoms with Crippen LogP contribution in [0.4, 0.5) is 0 Å². The number of nitrogens with one attached hydrogen (secondary N) is 1. The van der Waals surface area contributed by atoms with Crippen LogP contribution >= 0.6 is 0 Å². The average molecular weight is 479 g/mol. The van der Waals surface area contributed by atoms with Gasteiger partial charge in [0.2, 0.25) is 5.91 Å². The summed E-state index contributed by atoms with van der Waals surface area (Å²) in [5, 5.41) is 2.93. The standard InChI is InChI=1S/C29H38N2O4/c1-31(26-13-16-34-17-14-26)15-18-35-27-8-4-5-22(19-27)21-30-29(33)12-11-28(32)25-10-9-23-6-2-3-7-24(23)20-25/h4-5,8-10,19-20,26H,2-3,6-7,11-18,21H2,1H3,(H,30,33). The highest BCUT2D eigenvalue weighted by atomic mass is 16.5. The van der Waals surface area contributed by atoms with Crippen LogP contribution in [0.5, 0.6) is 5.75 Å². The Morgan fingerprint density at radius 1 is 1.03 bits per heavy atom. The molecule has 1 aliphatic heterocycles. The number of carbonyl (C=O) groups excluding carboxylic acids is 2. The van der Waals surface area contributed by atoms with Gasteiger partial charge in [0.05, 0.1) is 0 Å². The van der Waals surface area contributed by atoms with Crippen molar-refractivity contribution in [1.82, 2.24) is 10.2 Å². The third-order valence-electron chi connectivity index (χ3n) is 7.16. The summed E-state index contributed by atoms with van der Waals surface area (Å²) in [7, 11) is 2.14. The molecule has 0 unspecified atom stereocenters. The number of aryl methyl sites for hydroxylation is 2. The molecule has 0 spiro atoms. The summed E-state index contributed by atoms with van der Waals surface area (Å²) in [5.74, 6) is 0.732. The van der Waals surface area contributed by atoms with Crippen LogP contribution in [-0.2, 0) is 28.9 Å². The molecule has 2 aliphatic rings. The van der Waals surface area contributed by atoms with Gasteiger partial charge in [0.1, 0.15) is 12.4 Å². The number of hydrogen-bond acceptors (Lipinski definition) is 5. The van der Waals surface area contributed by atoms with E-state index in [0.29, 0.717) is 19.2 Å². The van der Waals surface area contributed by atoms with E-state index in [4.69, 9.17) is 9.47 Å². The number of hydrogen-bond donors (Lipinski definition) is 1. The van der Waals surface area contributed by atoms with Crippen molar-refractivity contribution in [3.8, 4) is 5.75 Å². The first-order chi connectivity index (χ1) is 17.1. The highest BCUT2D eigenvalue weighted by molar-refractivity contribution is 5.98. The van der Waals surface area contributed by atoms with E-state index in [1.807, 2.05) is 36.4 Å². The van der Waals surface area contributed by atoms with E-state index in [1.54, 1.807) is 0 Å². The molecule has 0 saturated carbocycles. The lowest BCUT2D eigenvalue weighted by Crippen LogP contribution is -2.38. The smallest absolute Gasteiger partial charge is 0.220 e. The van der Waals surface area contributed by atoms with Crippen molar-refractivity contribution < 1.29 is 19.1 Å². The number of Topliss-reactive ketones (excluding diaryl/α,β-unsaturated/α-hetero) is 1. The lowest BCUT2D eigenvalue weighted by Gasteiger charge is -2.31. The molecule has 188 valence electrons. The SMILES string of the molecule is CN(CCOc1cccc(CNC(=O)CCC(=O)c2ccc3c(c2)CCCC3)c1)C1CCOCC1.